The van der Waals surface area contributed by atoms with Gasteiger partial charge in [0, 0.05) is 23.5 Å². The Morgan fingerprint density at radius 3 is 2.74 bits per heavy atom. The van der Waals surface area contributed by atoms with Crippen molar-refractivity contribution in [3.63, 3.8) is 0 Å². The molecular formula is C18H16ClFN4O3. The molecule has 2 aromatic carbocycles. The predicted molar refractivity (Wildman–Crippen MR) is 101 cm³/mol. The number of aliphatic imine (C=N–C) groups is 1. The number of phenolic OH excluding ortho intramolecular Hbond substituents is 1. The number of anilines is 2. The maximum atomic E-state index is 14.2. The molecule has 0 amide bonds. The quantitative estimate of drug-likeness (QED) is 0.473. The van der Waals surface area contributed by atoms with E-state index in [1.165, 1.54) is 12.1 Å². The van der Waals surface area contributed by atoms with Crippen molar-refractivity contribution in [2.24, 2.45) is 4.99 Å². The van der Waals surface area contributed by atoms with Gasteiger partial charge in [-0.15, -0.1) is 0 Å². The Labute approximate surface area is 159 Å². The number of nitrogens with one attached hydrogen (secondary N) is 3. The molecule has 1 unspecified atom stereocenters. The smallest absolute Gasteiger partial charge is 0.287 e. The minimum absolute atomic E-state index is 0.0318. The summed E-state index contributed by atoms with van der Waals surface area (Å²) in [6.45, 7) is 0.949. The monoisotopic (exact) mass is 390 g/mol. The van der Waals surface area contributed by atoms with Gasteiger partial charge in [-0.05, 0) is 35.9 Å². The first kappa shape index (κ1) is 17.3. The summed E-state index contributed by atoms with van der Waals surface area (Å²) in [6, 6.07) is 11.5. The molecule has 0 bridgehead atoms. The molecule has 140 valence electrons. The lowest BCUT2D eigenvalue weighted by atomic mass is 10.2. The Balaban J connectivity index is 1.52. The van der Waals surface area contributed by atoms with Gasteiger partial charge in [0.2, 0.25) is 0 Å². The van der Waals surface area contributed by atoms with E-state index in [2.05, 4.69) is 20.9 Å². The van der Waals surface area contributed by atoms with Crippen LogP contribution in [0.3, 0.4) is 0 Å². The first-order chi connectivity index (χ1) is 13.0. The summed E-state index contributed by atoms with van der Waals surface area (Å²) in [5.74, 6) is 0.697. The van der Waals surface area contributed by atoms with Crippen LogP contribution in [-0.4, -0.2) is 29.8 Å². The molecule has 4 N–H and O–H groups in total. The van der Waals surface area contributed by atoms with E-state index in [0.717, 1.165) is 6.21 Å². The van der Waals surface area contributed by atoms with Crippen LogP contribution in [-0.2, 0) is 0 Å². The van der Waals surface area contributed by atoms with E-state index in [9.17, 15) is 9.50 Å². The molecule has 0 radical (unpaired) electrons. The van der Waals surface area contributed by atoms with Crippen molar-refractivity contribution in [2.75, 3.05) is 23.8 Å². The molecule has 0 aliphatic carbocycles. The van der Waals surface area contributed by atoms with Gasteiger partial charge < -0.3 is 30.5 Å². The number of hydrogen-bond donors (Lipinski definition) is 4. The van der Waals surface area contributed by atoms with Crippen molar-refractivity contribution in [1.82, 2.24) is 5.32 Å². The minimum Gasteiger partial charge on any atom is -0.508 e. The van der Waals surface area contributed by atoms with Crippen LogP contribution < -0.4 is 25.4 Å². The first-order valence-corrected chi connectivity index (χ1v) is 8.55. The summed E-state index contributed by atoms with van der Waals surface area (Å²) in [6.07, 6.45) is 1.01. The Morgan fingerprint density at radius 2 is 1.93 bits per heavy atom. The van der Waals surface area contributed by atoms with Crippen molar-refractivity contribution in [3.05, 3.63) is 54.1 Å². The second-order valence-electron chi connectivity index (χ2n) is 5.89. The third kappa shape index (κ3) is 3.85. The zero-order valence-electron chi connectivity index (χ0n) is 14.0. The molecule has 27 heavy (non-hydrogen) atoms. The van der Waals surface area contributed by atoms with Gasteiger partial charge >= 0.3 is 0 Å². The lowest BCUT2D eigenvalue weighted by Crippen LogP contribution is -2.48. The van der Waals surface area contributed by atoms with Crippen molar-refractivity contribution >= 4 is 29.2 Å². The van der Waals surface area contributed by atoms with Gasteiger partial charge in [-0.25, -0.2) is 9.38 Å². The van der Waals surface area contributed by atoms with Crippen LogP contribution in [0.15, 0.2) is 59.1 Å². The van der Waals surface area contributed by atoms with Crippen molar-refractivity contribution in [1.29, 1.82) is 0 Å². The van der Waals surface area contributed by atoms with E-state index < -0.39 is 11.1 Å². The molecule has 2 aliphatic heterocycles. The summed E-state index contributed by atoms with van der Waals surface area (Å²) < 4.78 is 25.2. The maximum absolute atomic E-state index is 14.2. The predicted octanol–water partition coefficient (Wildman–Crippen LogP) is 3.35. The Bertz CT molecular complexity index is 937. The van der Waals surface area contributed by atoms with Crippen molar-refractivity contribution in [2.45, 2.75) is 5.25 Å². The third-order valence-electron chi connectivity index (χ3n) is 3.85. The number of allylic oxidation sites excluding steroid dienone is 1. The van der Waals surface area contributed by atoms with Gasteiger partial charge in [-0.3, -0.25) is 0 Å². The number of fused-ring (bicyclic) bond motifs is 1. The molecule has 0 aromatic heterocycles. The summed E-state index contributed by atoms with van der Waals surface area (Å²) in [7, 11) is 0. The number of phenols is 1. The highest BCUT2D eigenvalue weighted by atomic mass is 35.5. The average molecular weight is 391 g/mol. The second kappa shape index (κ2) is 6.88. The molecule has 4 rings (SSSR count). The Morgan fingerprint density at radius 1 is 1.11 bits per heavy atom. The van der Waals surface area contributed by atoms with Crippen LogP contribution in [0.1, 0.15) is 0 Å². The second-order valence-corrected chi connectivity index (χ2v) is 6.43. The first-order valence-electron chi connectivity index (χ1n) is 8.17. The highest BCUT2D eigenvalue weighted by molar-refractivity contribution is 6.25. The zero-order valence-corrected chi connectivity index (χ0v) is 14.8. The van der Waals surface area contributed by atoms with Gasteiger partial charge in [-0.1, -0.05) is 6.07 Å². The van der Waals surface area contributed by atoms with E-state index in [1.807, 2.05) is 0 Å². The normalized spacial score (nSPS) is 20.8. The lowest BCUT2D eigenvalue weighted by molar-refractivity contribution is 0.171. The molecular weight excluding hydrogens is 375 g/mol. The van der Waals surface area contributed by atoms with Gasteiger partial charge in [0.15, 0.2) is 17.3 Å². The standard InChI is InChI=1S/C18H16ClFN4O3/c19-18(23-12-2-1-3-13(25)8-12)21-10-14(20)17(24-18)22-11-4-5-15-16(9-11)27-7-6-26-15/h1-5,8-10,22-25H,6-7H2. The molecule has 7 nitrogen and oxygen atoms in total. The van der Waals surface area contributed by atoms with E-state index in [4.69, 9.17) is 21.1 Å². The number of alkyl halides is 1. The Hall–Kier alpha value is -3.13. The molecule has 2 aromatic rings. The largest absolute Gasteiger partial charge is 0.508 e. The SMILES string of the molecule is Oc1cccc(NC2(Cl)N=CC(F)=C(Nc3ccc4c(c3)OCCO4)N2)c1. The average Bonchev–Trinajstić information content (AvgIpc) is 2.65. The third-order valence-corrected chi connectivity index (χ3v) is 4.14. The number of rotatable bonds is 4. The number of halogens is 2. The van der Waals surface area contributed by atoms with Gasteiger partial charge in [0.1, 0.15) is 24.8 Å². The molecule has 0 saturated carbocycles. The number of hydrogen-bond acceptors (Lipinski definition) is 7. The number of nitrogens with zero attached hydrogens (tertiary/aromatic N) is 1. The molecule has 2 aliphatic rings. The van der Waals surface area contributed by atoms with Crippen molar-refractivity contribution in [3.8, 4) is 17.2 Å². The molecule has 1 atom stereocenters. The summed E-state index contributed by atoms with van der Waals surface area (Å²) in [4.78, 5) is 3.95. The van der Waals surface area contributed by atoms with Crippen LogP contribution in [0.5, 0.6) is 17.2 Å². The summed E-state index contributed by atoms with van der Waals surface area (Å²) >= 11 is 6.42. The molecule has 9 heteroatoms. The van der Waals surface area contributed by atoms with Crippen LogP contribution in [0.4, 0.5) is 15.8 Å². The Kier molecular flexibility index (Phi) is 4.41. The van der Waals surface area contributed by atoms with Crippen LogP contribution in [0.25, 0.3) is 0 Å². The molecule has 0 fully saturated rings. The fraction of sp³-hybridized carbons (Fsp3) is 0.167. The van der Waals surface area contributed by atoms with Gasteiger partial charge in [-0.2, -0.15) is 0 Å². The molecule has 2 heterocycles. The lowest BCUT2D eigenvalue weighted by Gasteiger charge is -2.31. The fourth-order valence-electron chi connectivity index (χ4n) is 2.66. The minimum atomic E-state index is -1.53. The van der Waals surface area contributed by atoms with Gasteiger partial charge in [0.05, 0.1) is 6.21 Å². The van der Waals surface area contributed by atoms with Gasteiger partial charge in [0.25, 0.3) is 5.25 Å². The van der Waals surface area contributed by atoms with E-state index in [1.54, 1.807) is 30.3 Å². The summed E-state index contributed by atoms with van der Waals surface area (Å²) in [5, 5.41) is 16.6. The highest BCUT2D eigenvalue weighted by Crippen LogP contribution is 2.33. The zero-order chi connectivity index (χ0) is 18.9. The number of aromatic hydroxyl groups is 1. The number of benzene rings is 2. The van der Waals surface area contributed by atoms with Crippen molar-refractivity contribution < 1.29 is 19.0 Å². The maximum Gasteiger partial charge on any atom is 0.287 e. The fourth-order valence-corrected chi connectivity index (χ4v) is 2.92. The highest BCUT2D eigenvalue weighted by Gasteiger charge is 2.31. The van der Waals surface area contributed by atoms with Crippen LogP contribution >= 0.6 is 11.6 Å². The van der Waals surface area contributed by atoms with Crippen LogP contribution in [0.2, 0.25) is 0 Å². The number of ether oxygens (including phenoxy) is 2. The van der Waals surface area contributed by atoms with E-state index in [0.29, 0.717) is 36.1 Å². The van der Waals surface area contributed by atoms with E-state index >= 15 is 0 Å². The van der Waals surface area contributed by atoms with E-state index in [-0.39, 0.29) is 11.6 Å². The molecule has 0 spiro atoms. The molecule has 0 saturated heterocycles. The topological polar surface area (TPSA) is 87.1 Å². The van der Waals surface area contributed by atoms with Crippen LogP contribution in [0, 0.1) is 0 Å². The summed E-state index contributed by atoms with van der Waals surface area (Å²) in [5.41, 5.74) is 1.10.